The minimum atomic E-state index is -0.220. The summed E-state index contributed by atoms with van der Waals surface area (Å²) in [6.45, 7) is 4.81. The maximum Gasteiger partial charge on any atom is 0.240 e. The molecule has 2 aliphatic rings. The van der Waals surface area contributed by atoms with Crippen molar-refractivity contribution in [3.05, 3.63) is 107 Å². The van der Waals surface area contributed by atoms with Gasteiger partial charge in [-0.1, -0.05) is 79.2 Å². The Morgan fingerprint density at radius 1 is 0.771 bits per heavy atom. The first kappa shape index (κ1) is 23.7. The molecule has 2 heterocycles. The van der Waals surface area contributed by atoms with Crippen LogP contribution in [0.5, 0.6) is 0 Å². The third kappa shape index (κ3) is 5.63. The van der Waals surface area contributed by atoms with E-state index in [0.717, 1.165) is 57.5 Å². The molecule has 182 valence electrons. The number of piperazine rings is 1. The van der Waals surface area contributed by atoms with Crippen LogP contribution in [0.25, 0.3) is 0 Å². The van der Waals surface area contributed by atoms with Crippen LogP contribution in [0, 0.1) is 5.82 Å². The van der Waals surface area contributed by atoms with E-state index in [0.29, 0.717) is 6.54 Å². The summed E-state index contributed by atoms with van der Waals surface area (Å²) in [5.41, 5.74) is 3.64. The lowest BCUT2D eigenvalue weighted by Crippen LogP contribution is -2.56. The maximum absolute atomic E-state index is 13.6. The van der Waals surface area contributed by atoms with E-state index in [1.165, 1.54) is 23.3 Å². The highest BCUT2D eigenvalue weighted by atomic mass is 19.1. The number of piperidine rings is 1. The SMILES string of the molecule is O=C(C1CCCCN1Cc1ccc(F)cc1)N1CCN(C(c2ccccc2)c2ccccc2)CC1. The monoisotopic (exact) mass is 471 g/mol. The van der Waals surface area contributed by atoms with E-state index < -0.39 is 0 Å². The topological polar surface area (TPSA) is 26.8 Å². The zero-order chi connectivity index (χ0) is 24.0. The minimum absolute atomic E-state index is 0.0839. The van der Waals surface area contributed by atoms with Gasteiger partial charge in [0.1, 0.15) is 5.82 Å². The number of likely N-dealkylation sites (tertiary alicyclic amines) is 1. The van der Waals surface area contributed by atoms with Gasteiger partial charge in [0.25, 0.3) is 0 Å². The molecular weight excluding hydrogens is 437 g/mol. The number of halogens is 1. The molecule has 2 fully saturated rings. The molecule has 5 rings (SSSR count). The molecule has 0 radical (unpaired) electrons. The van der Waals surface area contributed by atoms with Gasteiger partial charge in [0.15, 0.2) is 0 Å². The number of benzene rings is 3. The third-order valence-electron chi connectivity index (χ3n) is 7.42. The van der Waals surface area contributed by atoms with Crippen molar-refractivity contribution < 1.29 is 9.18 Å². The van der Waals surface area contributed by atoms with Crippen molar-refractivity contribution in [2.24, 2.45) is 0 Å². The van der Waals surface area contributed by atoms with Gasteiger partial charge in [-0.05, 0) is 48.2 Å². The highest BCUT2D eigenvalue weighted by molar-refractivity contribution is 5.82. The van der Waals surface area contributed by atoms with E-state index in [1.54, 1.807) is 0 Å². The molecule has 2 aliphatic heterocycles. The predicted octanol–water partition coefficient (Wildman–Crippen LogP) is 5.11. The Bertz CT molecular complexity index is 1040. The normalized spacial score (nSPS) is 19.7. The average Bonchev–Trinajstić information content (AvgIpc) is 2.92. The summed E-state index contributed by atoms with van der Waals surface area (Å²) in [5, 5.41) is 0. The molecule has 3 aromatic carbocycles. The Labute approximate surface area is 208 Å². The fraction of sp³-hybridized carbons (Fsp3) is 0.367. The van der Waals surface area contributed by atoms with Crippen LogP contribution in [0.4, 0.5) is 4.39 Å². The van der Waals surface area contributed by atoms with Gasteiger partial charge in [-0.2, -0.15) is 0 Å². The van der Waals surface area contributed by atoms with E-state index in [4.69, 9.17) is 0 Å². The van der Waals surface area contributed by atoms with E-state index in [9.17, 15) is 9.18 Å². The van der Waals surface area contributed by atoms with Gasteiger partial charge < -0.3 is 4.90 Å². The van der Waals surface area contributed by atoms with Gasteiger partial charge in [-0.15, -0.1) is 0 Å². The van der Waals surface area contributed by atoms with Crippen molar-refractivity contribution in [1.82, 2.24) is 14.7 Å². The molecule has 0 aliphatic carbocycles. The molecule has 2 saturated heterocycles. The van der Waals surface area contributed by atoms with Crippen molar-refractivity contribution >= 4 is 5.91 Å². The molecule has 1 unspecified atom stereocenters. The number of hydrogen-bond acceptors (Lipinski definition) is 3. The summed E-state index contributed by atoms with van der Waals surface area (Å²) in [4.78, 5) is 20.5. The Morgan fingerprint density at radius 2 is 1.37 bits per heavy atom. The highest BCUT2D eigenvalue weighted by Crippen LogP contribution is 2.30. The summed E-state index contributed by atoms with van der Waals surface area (Å²) < 4.78 is 13.3. The zero-order valence-electron chi connectivity index (χ0n) is 20.2. The lowest BCUT2D eigenvalue weighted by Gasteiger charge is -2.43. The number of hydrogen-bond donors (Lipinski definition) is 0. The lowest BCUT2D eigenvalue weighted by molar-refractivity contribution is -0.140. The molecule has 0 N–H and O–H groups in total. The second-order valence-corrected chi connectivity index (χ2v) is 9.69. The predicted molar refractivity (Wildman–Crippen MR) is 137 cm³/mol. The van der Waals surface area contributed by atoms with Crippen molar-refractivity contribution in [2.45, 2.75) is 37.9 Å². The number of carbonyl (C=O) groups is 1. The Hall–Kier alpha value is -3.02. The second-order valence-electron chi connectivity index (χ2n) is 9.69. The molecule has 0 saturated carbocycles. The van der Waals surface area contributed by atoms with Crippen LogP contribution >= 0.6 is 0 Å². The third-order valence-corrected chi connectivity index (χ3v) is 7.42. The molecule has 1 atom stereocenters. The summed E-state index contributed by atoms with van der Waals surface area (Å²) in [6, 6.07) is 28.1. The van der Waals surface area contributed by atoms with Gasteiger partial charge in [0, 0.05) is 32.7 Å². The van der Waals surface area contributed by atoms with E-state index in [-0.39, 0.29) is 23.8 Å². The highest BCUT2D eigenvalue weighted by Gasteiger charge is 2.34. The van der Waals surface area contributed by atoms with Gasteiger partial charge in [-0.25, -0.2) is 4.39 Å². The molecule has 3 aromatic rings. The number of nitrogens with zero attached hydrogens (tertiary/aromatic N) is 3. The Morgan fingerprint density at radius 3 is 1.97 bits per heavy atom. The summed E-state index contributed by atoms with van der Waals surface area (Å²) >= 11 is 0. The Balaban J connectivity index is 1.26. The van der Waals surface area contributed by atoms with E-state index >= 15 is 0 Å². The van der Waals surface area contributed by atoms with Crippen LogP contribution in [0.1, 0.15) is 42.0 Å². The van der Waals surface area contributed by atoms with Gasteiger partial charge in [-0.3, -0.25) is 14.6 Å². The van der Waals surface area contributed by atoms with Gasteiger partial charge in [0.2, 0.25) is 5.91 Å². The Kier molecular flexibility index (Phi) is 7.55. The molecule has 0 spiro atoms. The van der Waals surface area contributed by atoms with Crippen molar-refractivity contribution in [3.63, 3.8) is 0 Å². The largest absolute Gasteiger partial charge is 0.339 e. The van der Waals surface area contributed by atoms with Crippen molar-refractivity contribution in [3.8, 4) is 0 Å². The number of carbonyl (C=O) groups excluding carboxylic acids is 1. The molecule has 4 nitrogen and oxygen atoms in total. The molecule has 0 aromatic heterocycles. The van der Waals surface area contributed by atoms with Crippen LogP contribution in [0.2, 0.25) is 0 Å². The van der Waals surface area contributed by atoms with Crippen molar-refractivity contribution in [1.29, 1.82) is 0 Å². The fourth-order valence-corrected chi connectivity index (χ4v) is 5.58. The first-order chi connectivity index (χ1) is 17.2. The van der Waals surface area contributed by atoms with Crippen molar-refractivity contribution in [2.75, 3.05) is 32.7 Å². The molecular formula is C30H34FN3O. The number of rotatable bonds is 6. The van der Waals surface area contributed by atoms with Crippen LogP contribution in [-0.4, -0.2) is 59.4 Å². The van der Waals surface area contributed by atoms with E-state index in [1.807, 2.05) is 12.1 Å². The second kappa shape index (κ2) is 11.1. The first-order valence-electron chi connectivity index (χ1n) is 12.8. The molecule has 35 heavy (non-hydrogen) atoms. The maximum atomic E-state index is 13.6. The van der Waals surface area contributed by atoms with E-state index in [2.05, 4.69) is 75.4 Å². The summed E-state index contributed by atoms with van der Waals surface area (Å²) in [7, 11) is 0. The fourth-order valence-electron chi connectivity index (χ4n) is 5.58. The quantitative estimate of drug-likeness (QED) is 0.500. The lowest BCUT2D eigenvalue weighted by atomic mass is 9.96. The van der Waals surface area contributed by atoms with Crippen LogP contribution in [0.3, 0.4) is 0 Å². The zero-order valence-corrected chi connectivity index (χ0v) is 20.2. The van der Waals surface area contributed by atoms with Gasteiger partial charge >= 0.3 is 0 Å². The molecule has 0 bridgehead atoms. The van der Waals surface area contributed by atoms with Crippen LogP contribution in [0.15, 0.2) is 84.9 Å². The standard InChI is InChI=1S/C30H34FN3O/c31-27-16-14-24(15-17-27)23-34-18-8-7-13-28(34)30(35)33-21-19-32(20-22-33)29(25-9-3-1-4-10-25)26-11-5-2-6-12-26/h1-6,9-12,14-17,28-29H,7-8,13,18-23H2. The van der Waals surface area contributed by atoms with Gasteiger partial charge in [0.05, 0.1) is 12.1 Å². The average molecular weight is 472 g/mol. The number of amides is 1. The summed E-state index contributed by atoms with van der Waals surface area (Å²) in [6.07, 6.45) is 3.09. The molecule has 5 heteroatoms. The smallest absolute Gasteiger partial charge is 0.240 e. The van der Waals surface area contributed by atoms with Crippen LogP contribution in [-0.2, 0) is 11.3 Å². The van der Waals surface area contributed by atoms with Crippen LogP contribution < -0.4 is 0 Å². The molecule has 1 amide bonds. The minimum Gasteiger partial charge on any atom is -0.339 e. The summed E-state index contributed by atoms with van der Waals surface area (Å²) in [5.74, 6) is 0.0321. The first-order valence-corrected chi connectivity index (χ1v) is 12.8.